The third kappa shape index (κ3) is 3.38. The largest absolute Gasteiger partial charge is 0.488 e. The highest BCUT2D eigenvalue weighted by atomic mass is 16.5. The number of rotatable bonds is 5. The zero-order valence-corrected chi connectivity index (χ0v) is 12.0. The second-order valence-corrected chi connectivity index (χ2v) is 4.88. The van der Waals surface area contributed by atoms with Crippen molar-refractivity contribution in [3.05, 3.63) is 52.5 Å². The zero-order valence-electron chi connectivity index (χ0n) is 12.0. The lowest BCUT2D eigenvalue weighted by Gasteiger charge is -2.09. The topological polar surface area (TPSA) is 34.4 Å². The summed E-state index contributed by atoms with van der Waals surface area (Å²) >= 11 is 0. The van der Waals surface area contributed by atoms with Gasteiger partial charge in [0.05, 0.1) is 6.54 Å². The fraction of sp³-hybridized carbons (Fsp3) is 0.375. The molecule has 1 aromatic carbocycles. The molecule has 0 fully saturated rings. The van der Waals surface area contributed by atoms with E-state index in [1.165, 1.54) is 5.56 Å². The van der Waals surface area contributed by atoms with Crippen LogP contribution < -0.4 is 10.1 Å². The molecule has 3 heteroatoms. The molecular weight excluding hydrogens is 238 g/mol. The Balaban J connectivity index is 2.07. The van der Waals surface area contributed by atoms with Gasteiger partial charge in [-0.05, 0) is 51.1 Å². The van der Waals surface area contributed by atoms with E-state index in [0.717, 1.165) is 34.9 Å². The van der Waals surface area contributed by atoms with Crippen molar-refractivity contribution in [1.82, 2.24) is 5.32 Å². The summed E-state index contributed by atoms with van der Waals surface area (Å²) in [7, 11) is 1.91. The highest BCUT2D eigenvalue weighted by molar-refractivity contribution is 5.36. The molecule has 1 aromatic heterocycles. The first-order valence-corrected chi connectivity index (χ1v) is 6.53. The van der Waals surface area contributed by atoms with Crippen LogP contribution in [0.25, 0.3) is 0 Å². The molecule has 1 heterocycles. The maximum absolute atomic E-state index is 5.90. The van der Waals surface area contributed by atoms with Gasteiger partial charge in [0.2, 0.25) is 0 Å². The van der Waals surface area contributed by atoms with Gasteiger partial charge in [0.15, 0.2) is 0 Å². The Morgan fingerprint density at radius 2 is 1.95 bits per heavy atom. The van der Waals surface area contributed by atoms with Crippen molar-refractivity contribution >= 4 is 0 Å². The van der Waals surface area contributed by atoms with Crippen LogP contribution in [-0.2, 0) is 13.2 Å². The van der Waals surface area contributed by atoms with Crippen molar-refractivity contribution in [2.45, 2.75) is 33.9 Å². The highest BCUT2D eigenvalue weighted by Crippen LogP contribution is 2.22. The van der Waals surface area contributed by atoms with Crippen molar-refractivity contribution in [3.63, 3.8) is 0 Å². The summed E-state index contributed by atoms with van der Waals surface area (Å²) < 4.78 is 11.6. The van der Waals surface area contributed by atoms with Gasteiger partial charge in [-0.3, -0.25) is 0 Å². The molecule has 0 bridgehead atoms. The Morgan fingerprint density at radius 3 is 2.68 bits per heavy atom. The van der Waals surface area contributed by atoms with Gasteiger partial charge in [-0.2, -0.15) is 0 Å². The van der Waals surface area contributed by atoms with E-state index in [1.54, 1.807) is 0 Å². The molecule has 0 aliphatic rings. The van der Waals surface area contributed by atoms with Crippen molar-refractivity contribution in [3.8, 4) is 5.75 Å². The lowest BCUT2D eigenvalue weighted by molar-refractivity contribution is 0.300. The molecule has 0 saturated carbocycles. The first-order valence-electron chi connectivity index (χ1n) is 6.53. The summed E-state index contributed by atoms with van der Waals surface area (Å²) in [5.41, 5.74) is 3.47. The van der Waals surface area contributed by atoms with Crippen LogP contribution in [0.1, 0.15) is 28.2 Å². The van der Waals surface area contributed by atoms with Gasteiger partial charge in [0.25, 0.3) is 0 Å². The molecule has 102 valence electrons. The quantitative estimate of drug-likeness (QED) is 0.892. The molecule has 0 aliphatic carbocycles. The second kappa shape index (κ2) is 5.93. The second-order valence-electron chi connectivity index (χ2n) is 4.88. The van der Waals surface area contributed by atoms with Crippen LogP contribution in [0.4, 0.5) is 0 Å². The molecule has 0 atom stereocenters. The fourth-order valence-corrected chi connectivity index (χ4v) is 2.01. The number of benzene rings is 1. The van der Waals surface area contributed by atoms with Gasteiger partial charge >= 0.3 is 0 Å². The number of aryl methyl sites for hydroxylation is 3. The third-order valence-corrected chi connectivity index (χ3v) is 3.15. The minimum Gasteiger partial charge on any atom is -0.488 e. The molecule has 19 heavy (non-hydrogen) atoms. The molecule has 2 rings (SSSR count). The summed E-state index contributed by atoms with van der Waals surface area (Å²) in [6.07, 6.45) is 0. The van der Waals surface area contributed by atoms with Crippen LogP contribution in [0, 0.1) is 20.8 Å². The van der Waals surface area contributed by atoms with Crippen LogP contribution in [0.2, 0.25) is 0 Å². The molecule has 0 saturated heterocycles. The van der Waals surface area contributed by atoms with E-state index in [9.17, 15) is 0 Å². The Hall–Kier alpha value is -1.74. The standard InChI is InChI=1S/C16H21NO2/c1-11-5-6-12(2)16(7-11)18-10-14-8-15(9-17-4)19-13(14)3/h5-8,17H,9-10H2,1-4H3. The minimum atomic E-state index is 0.545. The van der Waals surface area contributed by atoms with Crippen LogP contribution in [0.3, 0.4) is 0 Å². The van der Waals surface area contributed by atoms with Crippen LogP contribution in [0.5, 0.6) is 5.75 Å². The van der Waals surface area contributed by atoms with E-state index >= 15 is 0 Å². The zero-order chi connectivity index (χ0) is 13.8. The van der Waals surface area contributed by atoms with Gasteiger partial charge in [-0.15, -0.1) is 0 Å². The molecule has 3 nitrogen and oxygen atoms in total. The van der Waals surface area contributed by atoms with E-state index in [-0.39, 0.29) is 0 Å². The van der Waals surface area contributed by atoms with Gasteiger partial charge in [-0.1, -0.05) is 12.1 Å². The molecule has 2 aromatic rings. The molecule has 0 unspecified atom stereocenters. The average Bonchev–Trinajstić information content (AvgIpc) is 2.71. The number of nitrogens with one attached hydrogen (secondary N) is 1. The van der Waals surface area contributed by atoms with Crippen molar-refractivity contribution in [2.75, 3.05) is 7.05 Å². The predicted octanol–water partition coefficient (Wildman–Crippen LogP) is 3.50. The molecule has 0 aliphatic heterocycles. The van der Waals surface area contributed by atoms with Crippen LogP contribution >= 0.6 is 0 Å². The van der Waals surface area contributed by atoms with E-state index in [1.807, 2.05) is 14.0 Å². The monoisotopic (exact) mass is 259 g/mol. The maximum Gasteiger partial charge on any atom is 0.122 e. The Kier molecular flexibility index (Phi) is 4.27. The van der Waals surface area contributed by atoms with Crippen molar-refractivity contribution in [1.29, 1.82) is 0 Å². The Bertz CT molecular complexity index is 558. The van der Waals surface area contributed by atoms with Gasteiger partial charge in [0.1, 0.15) is 23.9 Å². The third-order valence-electron chi connectivity index (χ3n) is 3.15. The van der Waals surface area contributed by atoms with Crippen LogP contribution in [0.15, 0.2) is 28.7 Å². The van der Waals surface area contributed by atoms with E-state index < -0.39 is 0 Å². The normalized spacial score (nSPS) is 10.7. The lowest BCUT2D eigenvalue weighted by atomic mass is 10.1. The average molecular weight is 259 g/mol. The molecular formula is C16H21NO2. The van der Waals surface area contributed by atoms with E-state index in [0.29, 0.717) is 6.61 Å². The molecule has 0 radical (unpaired) electrons. The van der Waals surface area contributed by atoms with Crippen molar-refractivity contribution < 1.29 is 9.15 Å². The van der Waals surface area contributed by atoms with Crippen LogP contribution in [-0.4, -0.2) is 7.05 Å². The molecule has 0 spiro atoms. The smallest absolute Gasteiger partial charge is 0.122 e. The van der Waals surface area contributed by atoms with Gasteiger partial charge < -0.3 is 14.5 Å². The minimum absolute atomic E-state index is 0.545. The Morgan fingerprint density at radius 1 is 1.16 bits per heavy atom. The summed E-state index contributed by atoms with van der Waals surface area (Å²) in [6, 6.07) is 8.30. The molecule has 1 N–H and O–H groups in total. The summed E-state index contributed by atoms with van der Waals surface area (Å²) in [6.45, 7) is 7.39. The van der Waals surface area contributed by atoms with E-state index in [2.05, 4.69) is 43.4 Å². The SMILES string of the molecule is CNCc1cc(COc2cc(C)ccc2C)c(C)o1. The predicted molar refractivity (Wildman–Crippen MR) is 76.5 cm³/mol. The number of hydrogen-bond acceptors (Lipinski definition) is 3. The van der Waals surface area contributed by atoms with E-state index in [4.69, 9.17) is 9.15 Å². The van der Waals surface area contributed by atoms with Gasteiger partial charge in [-0.25, -0.2) is 0 Å². The Labute approximate surface area is 114 Å². The lowest BCUT2D eigenvalue weighted by Crippen LogP contribution is -2.03. The van der Waals surface area contributed by atoms with Crippen molar-refractivity contribution in [2.24, 2.45) is 0 Å². The highest BCUT2D eigenvalue weighted by Gasteiger charge is 2.08. The number of furan rings is 1. The summed E-state index contributed by atoms with van der Waals surface area (Å²) in [5, 5.41) is 3.08. The van der Waals surface area contributed by atoms with Gasteiger partial charge in [0, 0.05) is 5.56 Å². The summed E-state index contributed by atoms with van der Waals surface area (Å²) in [5.74, 6) is 2.81. The number of hydrogen-bond donors (Lipinski definition) is 1. The molecule has 0 amide bonds. The first-order chi connectivity index (χ1) is 9.10. The number of ether oxygens (including phenoxy) is 1. The maximum atomic E-state index is 5.90. The fourth-order valence-electron chi connectivity index (χ4n) is 2.01. The first kappa shape index (κ1) is 13.7. The summed E-state index contributed by atoms with van der Waals surface area (Å²) in [4.78, 5) is 0.